The lowest BCUT2D eigenvalue weighted by atomic mass is 9.97. The first-order valence-electron chi connectivity index (χ1n) is 10.8. The molecule has 1 aliphatic heterocycles. The molecule has 1 atom stereocenters. The summed E-state index contributed by atoms with van der Waals surface area (Å²) in [4.78, 5) is 26.9. The highest BCUT2D eigenvalue weighted by atomic mass is 19.4. The van der Waals surface area contributed by atoms with Crippen LogP contribution in [0.25, 0.3) is 0 Å². The van der Waals surface area contributed by atoms with Crippen molar-refractivity contribution in [2.24, 2.45) is 0 Å². The van der Waals surface area contributed by atoms with E-state index in [1.54, 1.807) is 31.2 Å². The van der Waals surface area contributed by atoms with E-state index in [9.17, 15) is 41.0 Å². The molecular formula is C26H18F6N2O3. The first-order chi connectivity index (χ1) is 17.3. The van der Waals surface area contributed by atoms with Crippen LogP contribution in [-0.2, 0) is 21.9 Å². The molecular weight excluding hydrogens is 502 g/mol. The first-order valence-corrected chi connectivity index (χ1v) is 10.8. The minimum atomic E-state index is -4.62. The molecule has 1 unspecified atom stereocenters. The van der Waals surface area contributed by atoms with Crippen LogP contribution in [0.5, 0.6) is 0 Å². The molecule has 0 aromatic heterocycles. The second-order valence-corrected chi connectivity index (χ2v) is 8.33. The summed E-state index contributed by atoms with van der Waals surface area (Å²) in [5.41, 5.74) is -1.47. The van der Waals surface area contributed by atoms with Crippen molar-refractivity contribution in [3.8, 4) is 0 Å². The quantitative estimate of drug-likeness (QED) is 0.374. The number of nitrogens with zero attached hydrogens (tertiary/aromatic N) is 1. The molecule has 2 N–H and O–H groups in total. The third-order valence-corrected chi connectivity index (χ3v) is 5.81. The third kappa shape index (κ3) is 5.16. The number of benzene rings is 3. The summed E-state index contributed by atoms with van der Waals surface area (Å²) in [5, 5.41) is 12.7. The maximum atomic E-state index is 13.5. The summed E-state index contributed by atoms with van der Waals surface area (Å²) < 4.78 is 78.0. The van der Waals surface area contributed by atoms with Crippen LogP contribution in [0.4, 0.5) is 37.7 Å². The van der Waals surface area contributed by atoms with E-state index in [1.165, 1.54) is 0 Å². The van der Waals surface area contributed by atoms with Crippen molar-refractivity contribution in [3.63, 3.8) is 0 Å². The summed E-state index contributed by atoms with van der Waals surface area (Å²) in [6.45, 7) is 1.79. The second kappa shape index (κ2) is 9.30. The number of hydrogen-bond donors (Lipinski definition) is 2. The van der Waals surface area contributed by atoms with Crippen LogP contribution in [-0.4, -0.2) is 17.0 Å². The Morgan fingerprint density at radius 1 is 0.811 bits per heavy atom. The van der Waals surface area contributed by atoms with Crippen molar-refractivity contribution in [3.05, 3.63) is 106 Å². The molecule has 0 radical (unpaired) electrons. The Morgan fingerprint density at radius 3 is 1.76 bits per heavy atom. The van der Waals surface area contributed by atoms with Gasteiger partial charge in [-0.05, 0) is 61.0 Å². The number of hydrogen-bond acceptors (Lipinski definition) is 3. The van der Waals surface area contributed by atoms with Gasteiger partial charge in [0.25, 0.3) is 5.91 Å². The number of carboxylic acids is 1. The van der Waals surface area contributed by atoms with Gasteiger partial charge in [0, 0.05) is 11.4 Å². The summed E-state index contributed by atoms with van der Waals surface area (Å²) >= 11 is 0. The zero-order valence-corrected chi connectivity index (χ0v) is 19.0. The maximum Gasteiger partial charge on any atom is 0.416 e. The van der Waals surface area contributed by atoms with Gasteiger partial charge in [-0.15, -0.1) is 0 Å². The van der Waals surface area contributed by atoms with Gasteiger partial charge >= 0.3 is 18.3 Å². The van der Waals surface area contributed by atoms with Gasteiger partial charge in [-0.25, -0.2) is 4.79 Å². The van der Waals surface area contributed by atoms with Crippen molar-refractivity contribution in [1.29, 1.82) is 0 Å². The van der Waals surface area contributed by atoms with E-state index < -0.39 is 52.7 Å². The molecule has 0 spiro atoms. The molecule has 3 aromatic rings. The van der Waals surface area contributed by atoms with Crippen LogP contribution in [0, 0.1) is 6.92 Å². The predicted molar refractivity (Wildman–Crippen MR) is 123 cm³/mol. The molecule has 0 bridgehead atoms. The third-order valence-electron chi connectivity index (χ3n) is 5.81. The van der Waals surface area contributed by atoms with Crippen molar-refractivity contribution in [2.75, 3.05) is 10.2 Å². The summed E-state index contributed by atoms with van der Waals surface area (Å²) in [6, 6.07) is 12.6. The number of carbonyl (C=O) groups excluding carboxylic acids is 1. The van der Waals surface area contributed by atoms with Crippen LogP contribution in [0.1, 0.15) is 28.3 Å². The zero-order valence-electron chi connectivity index (χ0n) is 19.0. The molecule has 37 heavy (non-hydrogen) atoms. The number of carbonyl (C=O) groups is 2. The number of aliphatic carboxylic acids is 1. The lowest BCUT2D eigenvalue weighted by molar-refractivity contribution is -0.138. The van der Waals surface area contributed by atoms with E-state index in [2.05, 4.69) is 5.32 Å². The van der Waals surface area contributed by atoms with Gasteiger partial charge in [0.1, 0.15) is 5.70 Å². The fraction of sp³-hybridized carbons (Fsp3) is 0.154. The van der Waals surface area contributed by atoms with Crippen molar-refractivity contribution < 1.29 is 41.0 Å². The molecule has 0 saturated carbocycles. The minimum absolute atomic E-state index is 0.00606. The molecule has 1 amide bonds. The van der Waals surface area contributed by atoms with E-state index in [4.69, 9.17) is 0 Å². The average molecular weight is 520 g/mol. The van der Waals surface area contributed by atoms with Crippen molar-refractivity contribution in [2.45, 2.75) is 25.3 Å². The van der Waals surface area contributed by atoms with Crippen LogP contribution < -0.4 is 10.2 Å². The lowest BCUT2D eigenvalue weighted by Gasteiger charge is -2.27. The van der Waals surface area contributed by atoms with Crippen LogP contribution in [0.3, 0.4) is 0 Å². The molecule has 0 aliphatic carbocycles. The van der Waals surface area contributed by atoms with E-state index in [1.807, 2.05) is 0 Å². The van der Waals surface area contributed by atoms with Crippen LogP contribution >= 0.6 is 0 Å². The number of anilines is 2. The van der Waals surface area contributed by atoms with Gasteiger partial charge in [0.2, 0.25) is 0 Å². The van der Waals surface area contributed by atoms with E-state index in [0.29, 0.717) is 5.56 Å². The van der Waals surface area contributed by atoms with Gasteiger partial charge in [-0.2, -0.15) is 26.3 Å². The highest BCUT2D eigenvalue weighted by Crippen LogP contribution is 2.42. The molecule has 0 saturated heterocycles. The predicted octanol–water partition coefficient (Wildman–Crippen LogP) is 6.57. The SMILES string of the molecule is Cc1ccc(C2C(C(=O)O)=C(Nc3ccc(C(F)(F)F)cc3)C(=O)N2c2ccc(C(F)(F)F)cc2)cc1. The van der Waals surface area contributed by atoms with Crippen molar-refractivity contribution in [1.82, 2.24) is 0 Å². The van der Waals surface area contributed by atoms with Crippen LogP contribution in [0.2, 0.25) is 0 Å². The second-order valence-electron chi connectivity index (χ2n) is 8.33. The van der Waals surface area contributed by atoms with Crippen molar-refractivity contribution >= 4 is 23.3 Å². The van der Waals surface area contributed by atoms with E-state index in [0.717, 1.165) is 59.0 Å². The lowest BCUT2D eigenvalue weighted by Crippen LogP contribution is -2.31. The smallest absolute Gasteiger partial charge is 0.416 e. The average Bonchev–Trinajstić information content (AvgIpc) is 3.11. The summed E-state index contributed by atoms with van der Waals surface area (Å²) in [6.07, 6.45) is -9.22. The summed E-state index contributed by atoms with van der Waals surface area (Å²) in [7, 11) is 0. The summed E-state index contributed by atoms with van der Waals surface area (Å²) in [5.74, 6) is -2.36. The number of aryl methyl sites for hydroxylation is 1. The van der Waals surface area contributed by atoms with E-state index >= 15 is 0 Å². The Bertz CT molecular complexity index is 1360. The topological polar surface area (TPSA) is 69.6 Å². The monoisotopic (exact) mass is 520 g/mol. The number of alkyl halides is 6. The van der Waals surface area contributed by atoms with Gasteiger partial charge in [0.15, 0.2) is 0 Å². The molecule has 192 valence electrons. The number of halogens is 6. The highest BCUT2D eigenvalue weighted by molar-refractivity contribution is 6.17. The van der Waals surface area contributed by atoms with Crippen LogP contribution in [0.15, 0.2) is 84.1 Å². The van der Waals surface area contributed by atoms with Gasteiger partial charge in [-0.3, -0.25) is 9.69 Å². The molecule has 5 nitrogen and oxygen atoms in total. The highest BCUT2D eigenvalue weighted by Gasteiger charge is 2.45. The maximum absolute atomic E-state index is 13.5. The Kier molecular flexibility index (Phi) is 6.49. The van der Waals surface area contributed by atoms with E-state index in [-0.39, 0.29) is 11.4 Å². The first kappa shape index (κ1) is 25.8. The van der Waals surface area contributed by atoms with Gasteiger partial charge in [0.05, 0.1) is 22.7 Å². The van der Waals surface area contributed by atoms with Gasteiger partial charge in [-0.1, -0.05) is 29.8 Å². The standard InChI is InChI=1S/C26H18F6N2O3/c1-14-2-4-15(5-3-14)22-20(24(36)37)21(33-18-10-6-16(7-11-18)25(27,28)29)23(35)34(22)19-12-8-17(9-13-19)26(30,31)32/h2-13,22,33H,1H3,(H,36,37). The number of carboxylic acid groups (broad SMARTS) is 1. The minimum Gasteiger partial charge on any atom is -0.478 e. The molecule has 4 rings (SSSR count). The molecule has 1 heterocycles. The number of nitrogens with one attached hydrogen (secondary N) is 1. The fourth-order valence-electron chi connectivity index (χ4n) is 3.99. The Balaban J connectivity index is 1.82. The Morgan fingerprint density at radius 2 is 1.30 bits per heavy atom. The molecule has 0 fully saturated rings. The zero-order chi connectivity index (χ0) is 27.1. The Hall–Kier alpha value is -4.28. The number of rotatable bonds is 5. The Labute approximate surface area is 206 Å². The normalized spacial score (nSPS) is 16.4. The largest absolute Gasteiger partial charge is 0.478 e. The molecule has 3 aromatic carbocycles. The number of amides is 1. The molecule has 11 heteroatoms. The fourth-order valence-corrected chi connectivity index (χ4v) is 3.99. The molecule has 1 aliphatic rings. The van der Waals surface area contributed by atoms with Gasteiger partial charge < -0.3 is 10.4 Å².